The summed E-state index contributed by atoms with van der Waals surface area (Å²) in [6.07, 6.45) is -4.39. The second-order valence-electron chi connectivity index (χ2n) is 24.5. The largest absolute Gasteiger partial charge is 0.497 e. The van der Waals surface area contributed by atoms with Crippen LogP contribution >= 0.6 is 0 Å². The third-order valence-electron chi connectivity index (χ3n) is 17.9. The molecule has 568 valence electrons. The number of unbranched alkanes of at least 4 members (excludes halogenated alkanes) is 1. The van der Waals surface area contributed by atoms with Crippen molar-refractivity contribution >= 4 is 47.2 Å². The molecule has 1 saturated carbocycles. The van der Waals surface area contributed by atoms with E-state index in [1.165, 1.54) is 95.9 Å². The smallest absolute Gasteiger partial charge is 0.416 e. The molecule has 4 aliphatic rings. The van der Waals surface area contributed by atoms with Gasteiger partial charge < -0.3 is 47.5 Å². The topological polar surface area (TPSA) is 337 Å². The van der Waals surface area contributed by atoms with Crippen LogP contribution in [0.2, 0.25) is 0 Å². The molecule has 10 rings (SSSR count). The molecule has 0 aromatic heterocycles. The number of benzene rings is 6. The normalized spacial score (nSPS) is 16.6. The summed E-state index contributed by atoms with van der Waals surface area (Å²) in [5.41, 5.74) is 2.98. The fraction of sp³-hybridized carbons (Fsp3) is 0.443. The molecule has 25 nitrogen and oxygen atoms in total. The maximum atomic E-state index is 13.5. The maximum absolute atomic E-state index is 13.5. The summed E-state index contributed by atoms with van der Waals surface area (Å²) < 4.78 is 199. The number of amides is 3. The minimum Gasteiger partial charge on any atom is -0.497 e. The van der Waals surface area contributed by atoms with Crippen LogP contribution < -0.4 is 49.6 Å². The van der Waals surface area contributed by atoms with Crippen LogP contribution in [0.3, 0.4) is 0 Å². The number of nitrogens with zero attached hydrogens (tertiary/aromatic N) is 1. The summed E-state index contributed by atoms with van der Waals surface area (Å²) in [6, 6.07) is 34.0. The number of alkyl halides is 6. The van der Waals surface area contributed by atoms with Crippen LogP contribution in [0.4, 0.5) is 26.3 Å². The third-order valence-corrected chi connectivity index (χ3v) is 25.4. The van der Waals surface area contributed by atoms with Gasteiger partial charge in [0.15, 0.2) is 43.8 Å². The van der Waals surface area contributed by atoms with Gasteiger partial charge in [-0.3, -0.25) is 30.0 Å². The number of carbonyl (C=O) groups excluding carboxylic acids is 3. The molecule has 0 spiro atoms. The van der Waals surface area contributed by atoms with Crippen LogP contribution in [0.25, 0.3) is 0 Å². The van der Waals surface area contributed by atoms with E-state index in [2.05, 4.69) is 4.90 Å². The Kier molecular flexibility index (Phi) is 28.5. The lowest BCUT2D eigenvalue weighted by atomic mass is 9.94. The molecule has 3 aliphatic heterocycles. The first-order valence-corrected chi connectivity index (χ1v) is 37.6. The lowest BCUT2D eigenvalue weighted by Gasteiger charge is -2.39. The first-order valence-electron chi connectivity index (χ1n) is 33.1. The monoisotopic (exact) mass is 1520 g/mol. The average Bonchev–Trinajstić information content (AvgIpc) is 1.14. The standard InChI is InChI=1S/C25H29F3N2O6S.C23H29NO8S.C22H24F3NO7S/c26-25(27,28)18-2-6-20(7-3-18)35-16-1-17-36-21-8-10-22(11-9-21)37(33,34)24(23(31)29-32)12-14-30(15-13-24)19-4-5-19;1-29-18-4-6-19(7-5-18)31-14-2-3-15-32-20-8-10-21(11-9-20)33(27,28)23(22(25)24-26)12-16-30-17-13-23;23-22(24,25)16-3-1-4-18(15-16)33-12-2-11-32-17-5-7-19(8-6-17)34(29,30)21(20(27)26-28)9-13-31-14-10-21/h2-3,6-11,19,32H,1,4-5,12-17H2,(H,29,31);4-11,26H,2-3,12-17H2,1H3,(H,24,25);1,3-8,15,28H,2,9-14H2,(H,26,27). The van der Waals surface area contributed by atoms with Gasteiger partial charge in [-0.1, -0.05) is 6.07 Å². The van der Waals surface area contributed by atoms with Crippen LogP contribution in [0.5, 0.6) is 40.2 Å². The molecule has 1 aliphatic carbocycles. The molecule has 6 aromatic rings. The number of sulfone groups is 3. The van der Waals surface area contributed by atoms with E-state index in [-0.39, 0.29) is 112 Å². The highest BCUT2D eigenvalue weighted by Gasteiger charge is 2.56. The average molecular weight is 1530 g/mol. The molecule has 104 heavy (non-hydrogen) atoms. The highest BCUT2D eigenvalue weighted by molar-refractivity contribution is 7.94. The lowest BCUT2D eigenvalue weighted by molar-refractivity contribution is -0.138. The zero-order chi connectivity index (χ0) is 75.2. The number of hydroxylamine groups is 3. The second-order valence-corrected chi connectivity index (χ2v) is 31.2. The van der Waals surface area contributed by atoms with Gasteiger partial charge in [0.2, 0.25) is 0 Å². The zero-order valence-corrected chi connectivity index (χ0v) is 59.0. The van der Waals surface area contributed by atoms with Gasteiger partial charge in [0.05, 0.1) is 72.6 Å². The molecule has 34 heteroatoms. The molecule has 0 radical (unpaired) electrons. The fourth-order valence-corrected chi connectivity index (χ4v) is 17.5. The number of piperidine rings is 1. The van der Waals surface area contributed by atoms with Crippen molar-refractivity contribution in [3.63, 3.8) is 0 Å². The van der Waals surface area contributed by atoms with Crippen molar-refractivity contribution in [2.75, 3.05) is 86.3 Å². The first kappa shape index (κ1) is 81.2. The Morgan fingerprint density at radius 3 is 1.04 bits per heavy atom. The quantitative estimate of drug-likeness (QED) is 0.0106. The molecule has 0 bridgehead atoms. The maximum Gasteiger partial charge on any atom is 0.416 e. The van der Waals surface area contributed by atoms with Crippen molar-refractivity contribution in [1.29, 1.82) is 0 Å². The number of hydrogen-bond donors (Lipinski definition) is 6. The van der Waals surface area contributed by atoms with Gasteiger partial charge in [-0.05, 0) is 204 Å². The van der Waals surface area contributed by atoms with E-state index in [4.69, 9.17) is 53.0 Å². The van der Waals surface area contributed by atoms with Crippen molar-refractivity contribution in [2.45, 2.75) is 124 Å². The molecule has 4 fully saturated rings. The lowest BCUT2D eigenvalue weighted by Crippen LogP contribution is -2.58. The van der Waals surface area contributed by atoms with Crippen molar-refractivity contribution in [1.82, 2.24) is 21.3 Å². The van der Waals surface area contributed by atoms with Gasteiger partial charge in [0.1, 0.15) is 40.2 Å². The van der Waals surface area contributed by atoms with Gasteiger partial charge in [-0.2, -0.15) is 26.3 Å². The zero-order valence-electron chi connectivity index (χ0n) is 56.5. The summed E-state index contributed by atoms with van der Waals surface area (Å²) >= 11 is 0. The summed E-state index contributed by atoms with van der Waals surface area (Å²) in [4.78, 5) is 39.2. The fourth-order valence-electron chi connectivity index (χ4n) is 11.7. The number of likely N-dealkylation sites (tertiary alicyclic amines) is 1. The molecule has 6 N–H and O–H groups in total. The summed E-state index contributed by atoms with van der Waals surface area (Å²) in [7, 11) is -10.7. The SMILES string of the molecule is COc1ccc(OCCCCOc2ccc(S(=O)(=O)C3(C(=O)NO)CCOCC3)cc2)cc1.O=C(NO)C1(S(=O)(=O)c2ccc(OCCCOc3ccc(C(F)(F)F)cc3)cc2)CCN(C2CC2)CC1.O=C(NO)C1(S(=O)(=O)c2ccc(OCCCOc3cccc(C(F)(F)F)c3)cc2)CCOCC1. The van der Waals surface area contributed by atoms with E-state index in [0.29, 0.717) is 68.2 Å². The molecule has 3 heterocycles. The van der Waals surface area contributed by atoms with Crippen LogP contribution in [-0.2, 0) is 65.7 Å². The molecule has 3 saturated heterocycles. The molecule has 6 aromatic carbocycles. The van der Waals surface area contributed by atoms with Crippen molar-refractivity contribution in [2.24, 2.45) is 0 Å². The van der Waals surface area contributed by atoms with Crippen LogP contribution in [0, 0.1) is 0 Å². The Bertz CT molecular complexity index is 4100. The predicted molar refractivity (Wildman–Crippen MR) is 360 cm³/mol. The predicted octanol–water partition coefficient (Wildman–Crippen LogP) is 9.97. The van der Waals surface area contributed by atoms with E-state index < -0.39 is 85.0 Å². The van der Waals surface area contributed by atoms with Gasteiger partial charge in [-0.15, -0.1) is 0 Å². The van der Waals surface area contributed by atoms with E-state index >= 15 is 0 Å². The number of hydrogen-bond acceptors (Lipinski definition) is 22. The Balaban J connectivity index is 0.000000198. The molecule has 0 atom stereocenters. The summed E-state index contributed by atoms with van der Waals surface area (Å²) in [5, 5.41) is 27.5. The van der Waals surface area contributed by atoms with Crippen LogP contribution in [-0.4, -0.2) is 170 Å². The van der Waals surface area contributed by atoms with Gasteiger partial charge >= 0.3 is 12.4 Å². The number of methoxy groups -OCH3 is 1. The Hall–Kier alpha value is -8.48. The summed E-state index contributed by atoms with van der Waals surface area (Å²) in [5.74, 6) is 0.391. The van der Waals surface area contributed by atoms with E-state index in [1.807, 2.05) is 24.3 Å². The highest BCUT2D eigenvalue weighted by Crippen LogP contribution is 2.42. The van der Waals surface area contributed by atoms with Gasteiger partial charge in [0.25, 0.3) is 17.7 Å². The van der Waals surface area contributed by atoms with Crippen molar-refractivity contribution in [3.8, 4) is 40.2 Å². The molecule has 3 amide bonds. The Morgan fingerprint density at radius 2 is 0.721 bits per heavy atom. The number of rotatable bonds is 30. The third kappa shape index (κ3) is 20.3. The number of carbonyl (C=O) groups is 3. The first-order chi connectivity index (χ1) is 49.6. The summed E-state index contributed by atoms with van der Waals surface area (Å²) in [6.45, 7) is 3.06. The van der Waals surface area contributed by atoms with Crippen molar-refractivity contribution in [3.05, 3.63) is 157 Å². The van der Waals surface area contributed by atoms with E-state index in [1.54, 1.807) is 24.7 Å². The Morgan fingerprint density at radius 1 is 0.423 bits per heavy atom. The van der Waals surface area contributed by atoms with Gasteiger partial charge in [-0.25, -0.2) is 41.7 Å². The van der Waals surface area contributed by atoms with Gasteiger partial charge in [0, 0.05) is 58.4 Å². The Labute approximate surface area is 597 Å². The van der Waals surface area contributed by atoms with E-state index in [9.17, 15) is 71.2 Å². The minimum absolute atomic E-state index is 0.00626. The molecular weight excluding hydrogens is 1440 g/mol. The number of ether oxygens (including phenoxy) is 9. The van der Waals surface area contributed by atoms with E-state index in [0.717, 1.165) is 61.4 Å². The van der Waals surface area contributed by atoms with Crippen LogP contribution in [0.1, 0.15) is 88.2 Å². The van der Waals surface area contributed by atoms with Crippen molar-refractivity contribution < 1.29 is 124 Å². The second kappa shape index (κ2) is 36.5. The van der Waals surface area contributed by atoms with Crippen LogP contribution in [0.15, 0.2) is 160 Å². The number of nitrogens with one attached hydrogen (secondary N) is 3. The number of halogens is 6. The highest BCUT2D eigenvalue weighted by atomic mass is 32.2. The molecule has 0 unspecified atom stereocenters. The minimum atomic E-state index is -4.45. The molecular formula is C70H82F6N4O21S3.